The van der Waals surface area contributed by atoms with E-state index in [0.29, 0.717) is 19.8 Å². The van der Waals surface area contributed by atoms with Crippen LogP contribution >= 0.6 is 7.75 Å². The standard InChI is InChI=1S/C12H19N2O3P/c1-3-16-18(15,17-4-2)14-10-9-11-7-5-6-8-12(11)13-14/h5-8,13H,3-4,9-10H2,1-2H3. The molecule has 0 atom stereocenters. The number of rotatable bonds is 5. The van der Waals surface area contributed by atoms with E-state index in [1.807, 2.05) is 32.0 Å². The Kier molecular flexibility index (Phi) is 4.40. The van der Waals surface area contributed by atoms with Crippen molar-refractivity contribution in [1.29, 1.82) is 0 Å². The van der Waals surface area contributed by atoms with E-state index in [0.717, 1.165) is 12.1 Å². The smallest absolute Gasteiger partial charge is 0.309 e. The highest BCUT2D eigenvalue weighted by molar-refractivity contribution is 7.51. The highest BCUT2D eigenvalue weighted by Crippen LogP contribution is 2.52. The van der Waals surface area contributed by atoms with Gasteiger partial charge in [0.05, 0.1) is 18.9 Å². The molecular formula is C12H19N2O3P. The second kappa shape index (κ2) is 5.85. The van der Waals surface area contributed by atoms with Gasteiger partial charge in [-0.15, -0.1) is 4.78 Å². The van der Waals surface area contributed by atoms with Crippen LogP contribution in [0.5, 0.6) is 0 Å². The van der Waals surface area contributed by atoms with Gasteiger partial charge < -0.3 is 5.43 Å². The molecule has 0 aromatic heterocycles. The van der Waals surface area contributed by atoms with Gasteiger partial charge in [-0.1, -0.05) is 18.2 Å². The van der Waals surface area contributed by atoms with Crippen molar-refractivity contribution in [2.24, 2.45) is 0 Å². The van der Waals surface area contributed by atoms with Crippen LogP contribution in [0, 0.1) is 0 Å². The molecule has 0 aliphatic carbocycles. The first-order valence-electron chi connectivity index (χ1n) is 6.21. The van der Waals surface area contributed by atoms with Gasteiger partial charge in [0.25, 0.3) is 0 Å². The van der Waals surface area contributed by atoms with Crippen LogP contribution in [0.3, 0.4) is 0 Å². The molecule has 0 bridgehead atoms. The molecule has 1 aliphatic rings. The summed E-state index contributed by atoms with van der Waals surface area (Å²) in [5.41, 5.74) is 5.30. The average Bonchev–Trinajstić information content (AvgIpc) is 2.39. The average molecular weight is 270 g/mol. The van der Waals surface area contributed by atoms with Crippen LogP contribution in [-0.2, 0) is 20.0 Å². The van der Waals surface area contributed by atoms with Gasteiger partial charge in [0.15, 0.2) is 0 Å². The summed E-state index contributed by atoms with van der Waals surface area (Å²) in [6, 6.07) is 7.97. The first-order chi connectivity index (χ1) is 8.69. The molecule has 1 aromatic carbocycles. The lowest BCUT2D eigenvalue weighted by Crippen LogP contribution is -2.34. The van der Waals surface area contributed by atoms with E-state index in [-0.39, 0.29) is 0 Å². The molecule has 0 saturated carbocycles. The molecule has 1 aliphatic heterocycles. The molecule has 2 rings (SSSR count). The number of para-hydroxylation sites is 1. The third-order valence-corrected chi connectivity index (χ3v) is 4.80. The Morgan fingerprint density at radius 3 is 2.61 bits per heavy atom. The maximum atomic E-state index is 12.6. The summed E-state index contributed by atoms with van der Waals surface area (Å²) < 4.78 is 24.8. The van der Waals surface area contributed by atoms with Crippen LogP contribution in [0.1, 0.15) is 19.4 Å². The lowest BCUT2D eigenvalue weighted by Gasteiger charge is -2.34. The number of fused-ring (bicyclic) bond motifs is 1. The summed E-state index contributed by atoms with van der Waals surface area (Å²) >= 11 is 0. The molecular weight excluding hydrogens is 251 g/mol. The Morgan fingerprint density at radius 2 is 1.94 bits per heavy atom. The molecule has 1 N–H and O–H groups in total. The first-order valence-corrected chi connectivity index (χ1v) is 7.71. The van der Waals surface area contributed by atoms with Crippen molar-refractivity contribution in [2.45, 2.75) is 20.3 Å². The zero-order valence-electron chi connectivity index (χ0n) is 10.8. The fraction of sp³-hybridized carbons (Fsp3) is 0.500. The van der Waals surface area contributed by atoms with Crippen LogP contribution in [0.2, 0.25) is 0 Å². The number of hydrogen-bond donors (Lipinski definition) is 1. The highest BCUT2D eigenvalue weighted by Gasteiger charge is 2.35. The van der Waals surface area contributed by atoms with E-state index >= 15 is 0 Å². The van der Waals surface area contributed by atoms with Gasteiger partial charge in [0.2, 0.25) is 0 Å². The van der Waals surface area contributed by atoms with Gasteiger partial charge in [0, 0.05) is 6.54 Å². The lowest BCUT2D eigenvalue weighted by molar-refractivity contribution is 0.175. The normalized spacial score (nSPS) is 16.1. The number of hydrogen-bond acceptors (Lipinski definition) is 4. The predicted octanol–water partition coefficient (Wildman–Crippen LogP) is 3.05. The number of anilines is 1. The van der Waals surface area contributed by atoms with Crippen molar-refractivity contribution < 1.29 is 13.6 Å². The zero-order valence-corrected chi connectivity index (χ0v) is 11.7. The molecule has 100 valence electrons. The number of hydrazine groups is 1. The van der Waals surface area contributed by atoms with Crippen LogP contribution in [-0.4, -0.2) is 24.5 Å². The Balaban J connectivity index is 2.18. The van der Waals surface area contributed by atoms with E-state index in [2.05, 4.69) is 11.5 Å². The third kappa shape index (κ3) is 2.75. The first kappa shape index (κ1) is 13.6. The summed E-state index contributed by atoms with van der Waals surface area (Å²) in [4.78, 5) is 0. The van der Waals surface area contributed by atoms with Crippen molar-refractivity contribution in [3.05, 3.63) is 29.8 Å². The number of benzene rings is 1. The number of nitrogens with one attached hydrogen (secondary N) is 1. The van der Waals surface area contributed by atoms with E-state index in [1.165, 1.54) is 5.56 Å². The van der Waals surface area contributed by atoms with Gasteiger partial charge in [-0.2, -0.15) is 0 Å². The SMILES string of the molecule is CCOP(=O)(OCC)N1CCc2ccccc2N1. The number of nitrogens with zero attached hydrogens (tertiary/aromatic N) is 1. The molecule has 18 heavy (non-hydrogen) atoms. The Labute approximate surface area is 108 Å². The molecule has 0 radical (unpaired) electrons. The Morgan fingerprint density at radius 1 is 1.28 bits per heavy atom. The fourth-order valence-electron chi connectivity index (χ4n) is 1.96. The molecule has 0 spiro atoms. The van der Waals surface area contributed by atoms with Crippen LogP contribution in [0.25, 0.3) is 0 Å². The highest BCUT2D eigenvalue weighted by atomic mass is 31.2. The molecule has 0 amide bonds. The van der Waals surface area contributed by atoms with Gasteiger partial charge in [-0.3, -0.25) is 9.05 Å². The molecule has 0 fully saturated rings. The second-order valence-corrected chi connectivity index (χ2v) is 5.88. The quantitative estimate of drug-likeness (QED) is 0.833. The zero-order chi connectivity index (χ0) is 13.0. The maximum Gasteiger partial charge on any atom is 0.425 e. The molecule has 1 aromatic rings. The summed E-state index contributed by atoms with van der Waals surface area (Å²) in [5.74, 6) is 0. The van der Waals surface area contributed by atoms with Crippen molar-refractivity contribution in [3.63, 3.8) is 0 Å². The summed E-state index contributed by atoms with van der Waals surface area (Å²) in [7, 11) is -3.23. The Bertz CT molecular complexity index is 443. The van der Waals surface area contributed by atoms with Gasteiger partial charge in [-0.05, 0) is 31.9 Å². The molecule has 5 nitrogen and oxygen atoms in total. The summed E-state index contributed by atoms with van der Waals surface area (Å²) in [6.45, 7) is 4.94. The minimum Gasteiger partial charge on any atom is -0.309 e. The van der Waals surface area contributed by atoms with Gasteiger partial charge in [0.1, 0.15) is 0 Å². The van der Waals surface area contributed by atoms with Crippen LogP contribution < -0.4 is 5.43 Å². The maximum absolute atomic E-state index is 12.6. The minimum atomic E-state index is -3.23. The molecule has 6 heteroatoms. The minimum absolute atomic E-state index is 0.358. The molecule has 0 saturated heterocycles. The van der Waals surface area contributed by atoms with Crippen LogP contribution in [0.4, 0.5) is 5.69 Å². The van der Waals surface area contributed by atoms with Crippen molar-refractivity contribution in [1.82, 2.24) is 4.78 Å². The van der Waals surface area contributed by atoms with Crippen molar-refractivity contribution in [3.8, 4) is 0 Å². The topological polar surface area (TPSA) is 50.8 Å². The lowest BCUT2D eigenvalue weighted by atomic mass is 10.1. The molecule has 0 unspecified atom stereocenters. The van der Waals surface area contributed by atoms with E-state index < -0.39 is 7.75 Å². The summed E-state index contributed by atoms with van der Waals surface area (Å²) in [5, 5.41) is 0. The van der Waals surface area contributed by atoms with Gasteiger partial charge in [-0.25, -0.2) is 4.57 Å². The second-order valence-electron chi connectivity index (χ2n) is 3.95. The summed E-state index contributed by atoms with van der Waals surface area (Å²) in [6.07, 6.45) is 0.827. The molecule has 1 heterocycles. The van der Waals surface area contributed by atoms with E-state index in [9.17, 15) is 4.57 Å². The van der Waals surface area contributed by atoms with E-state index in [4.69, 9.17) is 9.05 Å². The predicted molar refractivity (Wildman–Crippen MR) is 71.3 cm³/mol. The van der Waals surface area contributed by atoms with Crippen LogP contribution in [0.15, 0.2) is 24.3 Å². The van der Waals surface area contributed by atoms with Crippen molar-refractivity contribution in [2.75, 3.05) is 25.2 Å². The Hall–Kier alpha value is -0.870. The van der Waals surface area contributed by atoms with Gasteiger partial charge >= 0.3 is 7.75 Å². The van der Waals surface area contributed by atoms with E-state index in [1.54, 1.807) is 4.78 Å². The third-order valence-electron chi connectivity index (χ3n) is 2.74. The van der Waals surface area contributed by atoms with Crippen molar-refractivity contribution >= 4 is 13.4 Å². The largest absolute Gasteiger partial charge is 0.425 e. The fourth-order valence-corrected chi connectivity index (χ4v) is 3.54. The monoisotopic (exact) mass is 270 g/mol.